The third kappa shape index (κ3) is 2.47. The molecule has 0 aliphatic heterocycles. The lowest BCUT2D eigenvalue weighted by molar-refractivity contribution is -0.140. The van der Waals surface area contributed by atoms with E-state index in [1.165, 1.54) is 19.1 Å². The van der Waals surface area contributed by atoms with Crippen LogP contribution in [0.15, 0.2) is 18.2 Å². The molecule has 1 aromatic carbocycles. The summed E-state index contributed by atoms with van der Waals surface area (Å²) < 4.78 is 50.7. The van der Waals surface area contributed by atoms with Gasteiger partial charge in [-0.25, -0.2) is 4.39 Å². The summed E-state index contributed by atoms with van der Waals surface area (Å²) in [6, 6.07) is 3.31. The van der Waals surface area contributed by atoms with Crippen LogP contribution in [0.1, 0.15) is 24.0 Å². The SMILES string of the molecule is CC(CN)c1cccc(F)c1C(F)(F)F. The van der Waals surface area contributed by atoms with Gasteiger partial charge in [0.25, 0.3) is 0 Å². The largest absolute Gasteiger partial charge is 0.419 e. The first kappa shape index (κ1) is 12.0. The van der Waals surface area contributed by atoms with E-state index in [2.05, 4.69) is 0 Å². The molecule has 15 heavy (non-hydrogen) atoms. The van der Waals surface area contributed by atoms with Gasteiger partial charge in [-0.1, -0.05) is 19.1 Å². The predicted molar refractivity (Wildman–Crippen MR) is 48.9 cm³/mol. The van der Waals surface area contributed by atoms with Crippen LogP contribution in [0.4, 0.5) is 17.6 Å². The first-order chi connectivity index (χ1) is 6.88. The molecule has 0 fully saturated rings. The Morgan fingerprint density at radius 3 is 2.40 bits per heavy atom. The van der Waals surface area contributed by atoms with Crippen molar-refractivity contribution in [3.63, 3.8) is 0 Å². The maximum absolute atomic E-state index is 13.1. The Morgan fingerprint density at radius 2 is 1.93 bits per heavy atom. The molecule has 5 heteroatoms. The lowest BCUT2D eigenvalue weighted by Gasteiger charge is -2.17. The zero-order chi connectivity index (χ0) is 11.6. The van der Waals surface area contributed by atoms with Crippen LogP contribution < -0.4 is 5.73 Å². The number of nitrogens with two attached hydrogens (primary N) is 1. The first-order valence-corrected chi connectivity index (χ1v) is 4.43. The molecule has 2 N–H and O–H groups in total. The summed E-state index contributed by atoms with van der Waals surface area (Å²) >= 11 is 0. The highest BCUT2D eigenvalue weighted by Gasteiger charge is 2.37. The van der Waals surface area contributed by atoms with Crippen molar-refractivity contribution in [3.8, 4) is 0 Å². The zero-order valence-corrected chi connectivity index (χ0v) is 8.11. The first-order valence-electron chi connectivity index (χ1n) is 4.43. The standard InChI is InChI=1S/C10H11F4N/c1-6(5-15)7-3-2-4-8(11)9(7)10(12,13)14/h2-4,6H,5,15H2,1H3. The molecule has 1 unspecified atom stereocenters. The number of rotatable bonds is 2. The molecule has 0 aliphatic carbocycles. The van der Waals surface area contributed by atoms with E-state index >= 15 is 0 Å². The molecule has 0 amide bonds. The number of alkyl halides is 3. The van der Waals surface area contributed by atoms with Crippen LogP contribution >= 0.6 is 0 Å². The summed E-state index contributed by atoms with van der Waals surface area (Å²) in [6.45, 7) is 1.58. The molecule has 0 radical (unpaired) electrons. The van der Waals surface area contributed by atoms with Crippen molar-refractivity contribution in [3.05, 3.63) is 35.1 Å². The summed E-state index contributed by atoms with van der Waals surface area (Å²) in [5.41, 5.74) is 3.98. The van der Waals surface area contributed by atoms with Crippen LogP contribution in [0.2, 0.25) is 0 Å². The highest BCUT2D eigenvalue weighted by atomic mass is 19.4. The number of halogens is 4. The molecule has 1 atom stereocenters. The minimum Gasteiger partial charge on any atom is -0.330 e. The summed E-state index contributed by atoms with van der Waals surface area (Å²) in [5, 5.41) is 0. The molecule has 0 heterocycles. The molecule has 1 nitrogen and oxygen atoms in total. The molecule has 0 spiro atoms. The van der Waals surface area contributed by atoms with Gasteiger partial charge in [-0.2, -0.15) is 13.2 Å². The average Bonchev–Trinajstić information content (AvgIpc) is 2.14. The minimum absolute atomic E-state index is 0.0481. The molecule has 0 saturated carbocycles. The Morgan fingerprint density at radius 1 is 1.33 bits per heavy atom. The Hall–Kier alpha value is -1.10. The van der Waals surface area contributed by atoms with Crippen LogP contribution in [-0.4, -0.2) is 6.54 Å². The van der Waals surface area contributed by atoms with Crippen LogP contribution in [0.3, 0.4) is 0 Å². The maximum atomic E-state index is 13.1. The van der Waals surface area contributed by atoms with Crippen molar-refractivity contribution >= 4 is 0 Å². The van der Waals surface area contributed by atoms with Gasteiger partial charge in [0.2, 0.25) is 0 Å². The van der Waals surface area contributed by atoms with Crippen LogP contribution in [-0.2, 0) is 6.18 Å². The Kier molecular flexibility index (Phi) is 3.34. The Balaban J connectivity index is 3.33. The molecule has 0 aromatic heterocycles. The molecular weight excluding hydrogens is 210 g/mol. The fourth-order valence-electron chi connectivity index (χ4n) is 1.38. The quantitative estimate of drug-likeness (QED) is 0.763. The van der Waals surface area contributed by atoms with Gasteiger partial charge in [0, 0.05) is 0 Å². The predicted octanol–water partition coefficient (Wildman–Crippen LogP) is 2.91. The summed E-state index contributed by atoms with van der Waals surface area (Å²) in [4.78, 5) is 0. The van der Waals surface area contributed by atoms with E-state index in [0.29, 0.717) is 0 Å². The third-order valence-electron chi connectivity index (χ3n) is 2.21. The second kappa shape index (κ2) is 4.18. The van der Waals surface area contributed by atoms with Gasteiger partial charge < -0.3 is 5.73 Å². The van der Waals surface area contributed by atoms with Crippen LogP contribution in [0.25, 0.3) is 0 Å². The molecule has 0 saturated heterocycles. The highest BCUT2D eigenvalue weighted by Crippen LogP contribution is 2.36. The highest BCUT2D eigenvalue weighted by molar-refractivity contribution is 5.33. The van der Waals surface area contributed by atoms with Crippen molar-refractivity contribution in [1.29, 1.82) is 0 Å². The van der Waals surface area contributed by atoms with Gasteiger partial charge in [-0.05, 0) is 24.1 Å². The molecule has 84 valence electrons. The number of hydrogen-bond acceptors (Lipinski definition) is 1. The summed E-state index contributed by atoms with van der Waals surface area (Å²) in [7, 11) is 0. The number of benzene rings is 1. The fourth-order valence-corrected chi connectivity index (χ4v) is 1.38. The average molecular weight is 221 g/mol. The topological polar surface area (TPSA) is 26.0 Å². The summed E-state index contributed by atoms with van der Waals surface area (Å²) in [5.74, 6) is -1.77. The monoisotopic (exact) mass is 221 g/mol. The van der Waals surface area contributed by atoms with E-state index in [-0.39, 0.29) is 12.1 Å². The number of hydrogen-bond donors (Lipinski definition) is 1. The van der Waals surface area contributed by atoms with Crippen LogP contribution in [0.5, 0.6) is 0 Å². The normalized spacial score (nSPS) is 14.0. The van der Waals surface area contributed by atoms with Crippen molar-refractivity contribution in [2.24, 2.45) is 5.73 Å². The van der Waals surface area contributed by atoms with Gasteiger partial charge >= 0.3 is 6.18 Å². The van der Waals surface area contributed by atoms with Crippen LogP contribution in [0, 0.1) is 5.82 Å². The molecule has 1 rings (SSSR count). The maximum Gasteiger partial charge on any atom is 0.419 e. The smallest absolute Gasteiger partial charge is 0.330 e. The molecular formula is C10H11F4N. The molecule has 1 aromatic rings. The van der Waals surface area contributed by atoms with E-state index in [4.69, 9.17) is 5.73 Å². The second-order valence-corrected chi connectivity index (χ2v) is 3.34. The summed E-state index contributed by atoms with van der Waals surface area (Å²) in [6.07, 6.45) is -4.68. The van der Waals surface area contributed by atoms with Crippen molar-refractivity contribution in [2.45, 2.75) is 19.0 Å². The van der Waals surface area contributed by atoms with Gasteiger partial charge in [-0.3, -0.25) is 0 Å². The zero-order valence-electron chi connectivity index (χ0n) is 8.11. The second-order valence-electron chi connectivity index (χ2n) is 3.34. The minimum atomic E-state index is -4.68. The van der Waals surface area contributed by atoms with Crippen molar-refractivity contribution < 1.29 is 17.6 Å². The molecule has 0 aliphatic rings. The third-order valence-corrected chi connectivity index (χ3v) is 2.21. The fraction of sp³-hybridized carbons (Fsp3) is 0.400. The lowest BCUT2D eigenvalue weighted by Crippen LogP contribution is -2.17. The Labute approximate surface area is 84.9 Å². The Bertz CT molecular complexity index is 346. The van der Waals surface area contributed by atoms with E-state index in [9.17, 15) is 17.6 Å². The van der Waals surface area contributed by atoms with Gasteiger partial charge in [-0.15, -0.1) is 0 Å². The molecule has 0 bridgehead atoms. The van der Waals surface area contributed by atoms with Gasteiger partial charge in [0.05, 0.1) is 5.56 Å². The van der Waals surface area contributed by atoms with Crippen molar-refractivity contribution in [2.75, 3.05) is 6.54 Å². The van der Waals surface area contributed by atoms with Gasteiger partial charge in [0.1, 0.15) is 5.82 Å². The van der Waals surface area contributed by atoms with E-state index in [1.54, 1.807) is 0 Å². The lowest BCUT2D eigenvalue weighted by atomic mass is 9.95. The van der Waals surface area contributed by atoms with Gasteiger partial charge in [0.15, 0.2) is 0 Å². The van der Waals surface area contributed by atoms with E-state index < -0.39 is 23.5 Å². The van der Waals surface area contributed by atoms with E-state index in [1.807, 2.05) is 0 Å². The van der Waals surface area contributed by atoms with Crippen molar-refractivity contribution in [1.82, 2.24) is 0 Å². The van der Waals surface area contributed by atoms with E-state index in [0.717, 1.165) is 6.07 Å².